The van der Waals surface area contributed by atoms with Gasteiger partial charge in [0.1, 0.15) is 8.07 Å². The van der Waals surface area contributed by atoms with Crippen molar-refractivity contribution in [1.29, 1.82) is 0 Å². The van der Waals surface area contributed by atoms with Crippen molar-refractivity contribution in [3.8, 4) is 11.1 Å². The van der Waals surface area contributed by atoms with E-state index in [0.29, 0.717) is 0 Å². The molecule has 0 bridgehead atoms. The summed E-state index contributed by atoms with van der Waals surface area (Å²) in [5.74, 6) is 0. The summed E-state index contributed by atoms with van der Waals surface area (Å²) in [4.78, 5) is 0. The van der Waals surface area contributed by atoms with Gasteiger partial charge in [0.25, 0.3) is 0 Å². The van der Waals surface area contributed by atoms with Gasteiger partial charge in [0.05, 0.1) is 0 Å². The molecule has 31 heavy (non-hydrogen) atoms. The lowest BCUT2D eigenvalue weighted by Gasteiger charge is -2.30. The minimum Gasteiger partial charge on any atom is -0.0654 e. The lowest BCUT2D eigenvalue weighted by Crippen LogP contribution is -2.55. The maximum absolute atomic E-state index is 3.81. The molecule has 0 aliphatic carbocycles. The molecule has 1 aliphatic heterocycles. The van der Waals surface area contributed by atoms with Crippen molar-refractivity contribution >= 4 is 50.3 Å². The van der Waals surface area contributed by atoms with Crippen LogP contribution in [-0.4, -0.2) is 8.07 Å². The fraction of sp³-hybridized carbons (Fsp3) is 0.571. The summed E-state index contributed by atoms with van der Waals surface area (Å²) in [7, 11) is -1.72. The Morgan fingerprint density at radius 1 is 0.548 bits per heavy atom. The van der Waals surface area contributed by atoms with Crippen LogP contribution >= 0.6 is 31.9 Å². The van der Waals surface area contributed by atoms with Crippen LogP contribution in [0.2, 0.25) is 12.1 Å². The van der Waals surface area contributed by atoms with Crippen molar-refractivity contribution in [2.75, 3.05) is 0 Å². The average Bonchev–Trinajstić information content (AvgIpc) is 3.02. The monoisotopic (exact) mass is 562 g/mol. The van der Waals surface area contributed by atoms with Crippen LogP contribution in [-0.2, 0) is 0 Å². The highest BCUT2D eigenvalue weighted by atomic mass is 79.9. The Hall–Kier alpha value is -0.383. The van der Waals surface area contributed by atoms with Crippen molar-refractivity contribution in [2.45, 2.75) is 103 Å². The molecule has 0 atom stereocenters. The molecule has 0 saturated carbocycles. The number of unbranched alkanes of at least 4 members (excludes halogenated alkanes) is 10. The molecule has 0 saturated heterocycles. The van der Waals surface area contributed by atoms with E-state index < -0.39 is 8.07 Å². The van der Waals surface area contributed by atoms with Crippen molar-refractivity contribution in [1.82, 2.24) is 0 Å². The standard InChI is InChI=1S/C28H40Br2Si/c1-3-5-7-9-11-13-19-31(20-14-12-10-8-6-4-2)27-18-16-23(29)21-26(27)25-17-15-24(30)22-28(25)31/h15-18,21-22H,3-14,19-20H2,1-2H3. The second kappa shape index (κ2) is 12.7. The van der Waals surface area contributed by atoms with E-state index in [9.17, 15) is 0 Å². The Labute approximate surface area is 208 Å². The molecular weight excluding hydrogens is 524 g/mol. The minimum atomic E-state index is -1.72. The maximum Gasteiger partial charge on any atom is 0.119 e. The number of halogens is 2. The van der Waals surface area contributed by atoms with Gasteiger partial charge in [-0.1, -0.05) is 135 Å². The van der Waals surface area contributed by atoms with Crippen LogP contribution in [0.4, 0.5) is 0 Å². The van der Waals surface area contributed by atoms with Gasteiger partial charge in [-0.15, -0.1) is 0 Å². The SMILES string of the molecule is CCCCCCCC[Si]1(CCCCCCCC)c2ccc(Br)cc2-c2ccc(Br)cc21. The van der Waals surface area contributed by atoms with Gasteiger partial charge < -0.3 is 0 Å². The quantitative estimate of drug-likeness (QED) is 0.158. The van der Waals surface area contributed by atoms with Crippen LogP contribution in [0.3, 0.4) is 0 Å². The van der Waals surface area contributed by atoms with Crippen LogP contribution in [0.25, 0.3) is 11.1 Å². The molecule has 1 aliphatic rings. The number of fused-ring (bicyclic) bond motifs is 3. The predicted molar refractivity (Wildman–Crippen MR) is 149 cm³/mol. The third-order valence-corrected chi connectivity index (χ3v) is 13.5. The highest BCUT2D eigenvalue weighted by Crippen LogP contribution is 2.37. The molecule has 170 valence electrons. The minimum absolute atomic E-state index is 1.21. The molecule has 0 radical (unpaired) electrons. The highest BCUT2D eigenvalue weighted by molar-refractivity contribution is 9.10. The van der Waals surface area contributed by atoms with Gasteiger partial charge in [0.15, 0.2) is 0 Å². The first-order chi connectivity index (χ1) is 15.1. The molecule has 2 aromatic carbocycles. The van der Waals surface area contributed by atoms with Crippen molar-refractivity contribution in [3.05, 3.63) is 45.3 Å². The van der Waals surface area contributed by atoms with Crippen LogP contribution in [0.5, 0.6) is 0 Å². The van der Waals surface area contributed by atoms with E-state index in [1.54, 1.807) is 10.4 Å². The molecule has 0 N–H and O–H groups in total. The molecule has 0 nitrogen and oxygen atoms in total. The lowest BCUT2D eigenvalue weighted by molar-refractivity contribution is 0.616. The van der Waals surface area contributed by atoms with Gasteiger partial charge in [0, 0.05) is 8.95 Å². The highest BCUT2D eigenvalue weighted by Gasteiger charge is 2.44. The molecule has 0 unspecified atom stereocenters. The molecule has 0 spiro atoms. The first-order valence-electron chi connectivity index (χ1n) is 12.7. The fourth-order valence-electron chi connectivity index (χ4n) is 5.53. The zero-order chi connectivity index (χ0) is 22.1. The first-order valence-corrected chi connectivity index (χ1v) is 16.7. The van der Waals surface area contributed by atoms with Crippen molar-refractivity contribution in [2.24, 2.45) is 0 Å². The zero-order valence-electron chi connectivity index (χ0n) is 19.6. The maximum atomic E-state index is 3.81. The van der Waals surface area contributed by atoms with Crippen LogP contribution < -0.4 is 10.4 Å². The Kier molecular flexibility index (Phi) is 10.4. The van der Waals surface area contributed by atoms with Gasteiger partial charge in [-0.2, -0.15) is 0 Å². The summed E-state index contributed by atoms with van der Waals surface area (Å²) >= 11 is 7.56. The smallest absolute Gasteiger partial charge is 0.0654 e. The topological polar surface area (TPSA) is 0 Å². The Balaban J connectivity index is 1.84. The third-order valence-electron chi connectivity index (χ3n) is 7.20. The van der Waals surface area contributed by atoms with E-state index >= 15 is 0 Å². The van der Waals surface area contributed by atoms with Gasteiger partial charge >= 0.3 is 0 Å². The summed E-state index contributed by atoms with van der Waals surface area (Å²) in [6, 6.07) is 17.1. The van der Waals surface area contributed by atoms with E-state index in [0.717, 1.165) is 0 Å². The summed E-state index contributed by atoms with van der Waals surface area (Å²) in [5, 5.41) is 3.42. The van der Waals surface area contributed by atoms with E-state index in [2.05, 4.69) is 82.1 Å². The molecule has 0 fully saturated rings. The van der Waals surface area contributed by atoms with Crippen LogP contribution in [0.15, 0.2) is 45.3 Å². The molecule has 2 aromatic rings. The van der Waals surface area contributed by atoms with Crippen LogP contribution in [0, 0.1) is 0 Å². The average molecular weight is 565 g/mol. The number of benzene rings is 2. The number of hydrogen-bond acceptors (Lipinski definition) is 0. The van der Waals surface area contributed by atoms with Crippen molar-refractivity contribution < 1.29 is 0 Å². The van der Waals surface area contributed by atoms with E-state index in [1.807, 2.05) is 0 Å². The molecule has 1 heterocycles. The van der Waals surface area contributed by atoms with E-state index in [1.165, 1.54) is 109 Å². The summed E-state index contributed by atoms with van der Waals surface area (Å²) < 4.78 is 2.46. The van der Waals surface area contributed by atoms with Crippen LogP contribution in [0.1, 0.15) is 90.9 Å². The molecule has 3 heteroatoms. The summed E-state index contributed by atoms with van der Waals surface area (Å²) in [6.45, 7) is 4.62. The fourth-order valence-corrected chi connectivity index (χ4v) is 12.1. The van der Waals surface area contributed by atoms with Gasteiger partial charge in [-0.25, -0.2) is 0 Å². The molecule has 0 amide bonds. The number of hydrogen-bond donors (Lipinski definition) is 0. The second-order valence-electron chi connectivity index (χ2n) is 9.50. The Bertz CT molecular complexity index is 814. The largest absolute Gasteiger partial charge is 0.119 e. The van der Waals surface area contributed by atoms with E-state index in [4.69, 9.17) is 0 Å². The molecule has 0 aromatic heterocycles. The van der Waals surface area contributed by atoms with Gasteiger partial charge in [-0.05, 0) is 57.9 Å². The molecular formula is C28H40Br2Si. The summed E-state index contributed by atoms with van der Waals surface area (Å²) in [5.41, 5.74) is 3.03. The molecule has 3 rings (SSSR count). The lowest BCUT2D eigenvalue weighted by atomic mass is 10.1. The first kappa shape index (κ1) is 25.2. The van der Waals surface area contributed by atoms with Gasteiger partial charge in [0.2, 0.25) is 0 Å². The van der Waals surface area contributed by atoms with E-state index in [-0.39, 0.29) is 0 Å². The normalized spacial score (nSPS) is 13.9. The Morgan fingerprint density at radius 3 is 1.68 bits per heavy atom. The second-order valence-corrected chi connectivity index (χ2v) is 15.6. The van der Waals surface area contributed by atoms with Crippen molar-refractivity contribution in [3.63, 3.8) is 0 Å². The number of rotatable bonds is 14. The Morgan fingerprint density at radius 2 is 1.06 bits per heavy atom. The third kappa shape index (κ3) is 6.36. The van der Waals surface area contributed by atoms with Gasteiger partial charge in [-0.3, -0.25) is 0 Å². The predicted octanol–water partition coefficient (Wildman–Crippen LogP) is 9.48. The zero-order valence-corrected chi connectivity index (χ0v) is 23.8. The summed E-state index contributed by atoms with van der Waals surface area (Å²) in [6.07, 6.45) is 16.7.